The van der Waals surface area contributed by atoms with E-state index in [-0.39, 0.29) is 31.4 Å². The predicted octanol–water partition coefficient (Wildman–Crippen LogP) is 3.16. The predicted molar refractivity (Wildman–Crippen MR) is 123 cm³/mol. The largest absolute Gasteiger partial charge is 0.481 e. The van der Waals surface area contributed by atoms with Crippen LogP contribution >= 0.6 is 0 Å². The number of methoxy groups -OCH3 is 1. The summed E-state index contributed by atoms with van der Waals surface area (Å²) in [6.07, 6.45) is -1.57. The minimum atomic E-state index is -1.02. The number of aliphatic carboxylic acids is 1. The van der Waals surface area contributed by atoms with E-state index in [1.807, 2.05) is 36.4 Å². The van der Waals surface area contributed by atoms with Gasteiger partial charge in [-0.1, -0.05) is 62.4 Å². The highest BCUT2D eigenvalue weighted by molar-refractivity contribution is 5.86. The van der Waals surface area contributed by atoms with Gasteiger partial charge in [-0.3, -0.25) is 9.59 Å². The molecular weight excluding hydrogens is 424 g/mol. The van der Waals surface area contributed by atoms with Crippen molar-refractivity contribution in [1.82, 2.24) is 10.6 Å². The summed E-state index contributed by atoms with van der Waals surface area (Å²) in [7, 11) is 1.38. The Morgan fingerprint density at radius 3 is 2.09 bits per heavy atom. The Morgan fingerprint density at radius 2 is 1.58 bits per heavy atom. The standard InChI is InChI=1S/C25H30N2O6/c1-15(2)23(24(30)26-13-16(32-3)12-22(28)29)27-25(31)33-14-21-19-10-6-4-8-17(19)18-9-5-7-11-20(18)21/h4-11,15-16,21,23H,12-14H2,1-3H3,(H,26,30)(H,27,31)(H,28,29)/t16?,23-/m1/s1. The van der Waals surface area contributed by atoms with Gasteiger partial charge >= 0.3 is 12.1 Å². The number of rotatable bonds is 10. The van der Waals surface area contributed by atoms with Gasteiger partial charge in [-0.25, -0.2) is 4.79 Å². The molecule has 1 aliphatic rings. The third-order valence-electron chi connectivity index (χ3n) is 5.81. The number of hydrogen-bond acceptors (Lipinski definition) is 5. The number of hydrogen-bond donors (Lipinski definition) is 3. The summed E-state index contributed by atoms with van der Waals surface area (Å²) in [4.78, 5) is 36.1. The molecule has 0 radical (unpaired) electrons. The van der Waals surface area contributed by atoms with Crippen LogP contribution in [0.3, 0.4) is 0 Å². The molecule has 0 aliphatic heterocycles. The van der Waals surface area contributed by atoms with Crippen molar-refractivity contribution < 1.29 is 29.0 Å². The fourth-order valence-electron chi connectivity index (χ4n) is 4.06. The molecule has 8 heteroatoms. The maximum Gasteiger partial charge on any atom is 0.407 e. The normalized spacial score (nSPS) is 14.2. The highest BCUT2D eigenvalue weighted by Gasteiger charge is 2.30. The lowest BCUT2D eigenvalue weighted by Gasteiger charge is -2.23. The Bertz CT molecular complexity index is 960. The summed E-state index contributed by atoms with van der Waals surface area (Å²) in [5, 5.41) is 14.2. The number of alkyl carbamates (subject to hydrolysis) is 1. The van der Waals surface area contributed by atoms with Crippen LogP contribution in [0.1, 0.15) is 37.3 Å². The number of carbonyl (C=O) groups excluding carboxylic acids is 2. The number of fused-ring (bicyclic) bond motifs is 3. The first kappa shape index (κ1) is 24.3. The highest BCUT2D eigenvalue weighted by Crippen LogP contribution is 2.44. The van der Waals surface area contributed by atoms with Crippen molar-refractivity contribution in [2.45, 2.75) is 38.3 Å². The Hall–Kier alpha value is -3.39. The summed E-state index contributed by atoms with van der Waals surface area (Å²) in [6, 6.07) is 15.3. The Labute approximate surface area is 193 Å². The van der Waals surface area contributed by atoms with Gasteiger partial charge in [-0.2, -0.15) is 0 Å². The van der Waals surface area contributed by atoms with Gasteiger partial charge in [0.2, 0.25) is 5.91 Å². The minimum Gasteiger partial charge on any atom is -0.481 e. The summed E-state index contributed by atoms with van der Waals surface area (Å²) < 4.78 is 10.6. The van der Waals surface area contributed by atoms with Crippen molar-refractivity contribution >= 4 is 18.0 Å². The van der Waals surface area contributed by atoms with Crippen molar-refractivity contribution in [2.24, 2.45) is 5.92 Å². The van der Waals surface area contributed by atoms with E-state index in [0.717, 1.165) is 22.3 Å². The van der Waals surface area contributed by atoms with Crippen LogP contribution in [-0.2, 0) is 19.1 Å². The summed E-state index contributed by atoms with van der Waals surface area (Å²) in [6.45, 7) is 3.78. The molecule has 2 aromatic carbocycles. The lowest BCUT2D eigenvalue weighted by atomic mass is 9.98. The van der Waals surface area contributed by atoms with Crippen molar-refractivity contribution in [3.8, 4) is 11.1 Å². The van der Waals surface area contributed by atoms with E-state index >= 15 is 0 Å². The van der Waals surface area contributed by atoms with Gasteiger partial charge in [0.25, 0.3) is 0 Å². The molecule has 0 heterocycles. The Morgan fingerprint density at radius 1 is 1.00 bits per heavy atom. The van der Waals surface area contributed by atoms with Crippen LogP contribution in [0, 0.1) is 5.92 Å². The minimum absolute atomic E-state index is 0.0250. The summed E-state index contributed by atoms with van der Waals surface area (Å²) in [5.74, 6) is -1.72. The molecule has 2 amide bonds. The molecule has 0 spiro atoms. The summed E-state index contributed by atoms with van der Waals surface area (Å²) >= 11 is 0. The molecule has 1 unspecified atom stereocenters. The molecule has 0 saturated carbocycles. The van der Waals surface area contributed by atoms with E-state index in [9.17, 15) is 14.4 Å². The van der Waals surface area contributed by atoms with E-state index in [2.05, 4.69) is 22.8 Å². The van der Waals surface area contributed by atoms with E-state index in [1.54, 1.807) is 13.8 Å². The third kappa shape index (κ3) is 5.90. The molecule has 0 bridgehead atoms. The first-order chi connectivity index (χ1) is 15.8. The Balaban J connectivity index is 1.59. The molecule has 2 aromatic rings. The van der Waals surface area contributed by atoms with Gasteiger partial charge in [-0.15, -0.1) is 0 Å². The number of carboxylic acid groups (broad SMARTS) is 1. The van der Waals surface area contributed by atoms with Crippen LogP contribution in [0.2, 0.25) is 0 Å². The zero-order chi connectivity index (χ0) is 24.0. The highest BCUT2D eigenvalue weighted by atomic mass is 16.5. The van der Waals surface area contributed by atoms with Crippen LogP contribution in [0.25, 0.3) is 11.1 Å². The fraction of sp³-hybridized carbons (Fsp3) is 0.400. The fourth-order valence-corrected chi connectivity index (χ4v) is 4.06. The van der Waals surface area contributed by atoms with Crippen LogP contribution in [-0.4, -0.2) is 55.5 Å². The molecule has 0 aromatic heterocycles. The third-order valence-corrected chi connectivity index (χ3v) is 5.81. The average Bonchev–Trinajstić information content (AvgIpc) is 3.12. The van der Waals surface area contributed by atoms with Crippen LogP contribution in [0.15, 0.2) is 48.5 Å². The molecule has 176 valence electrons. The molecule has 8 nitrogen and oxygen atoms in total. The number of amides is 2. The SMILES string of the molecule is COC(CNC(=O)[C@H](NC(=O)OCC1c2ccccc2-c2ccccc21)C(C)C)CC(=O)O. The van der Waals surface area contributed by atoms with Gasteiger partial charge in [-0.05, 0) is 28.2 Å². The smallest absolute Gasteiger partial charge is 0.407 e. The zero-order valence-electron chi connectivity index (χ0n) is 19.0. The van der Waals surface area contributed by atoms with Crippen molar-refractivity contribution in [3.63, 3.8) is 0 Å². The van der Waals surface area contributed by atoms with Gasteiger partial charge in [0.15, 0.2) is 0 Å². The number of carbonyl (C=O) groups is 3. The second kappa shape index (κ2) is 11.0. The molecule has 1 aliphatic carbocycles. The maximum atomic E-state index is 12.6. The molecule has 33 heavy (non-hydrogen) atoms. The second-order valence-corrected chi connectivity index (χ2v) is 8.39. The number of benzene rings is 2. The first-order valence-corrected chi connectivity index (χ1v) is 11.0. The van der Waals surface area contributed by atoms with Gasteiger partial charge in [0.1, 0.15) is 12.6 Å². The lowest BCUT2D eigenvalue weighted by Crippen LogP contribution is -2.51. The number of ether oxygens (including phenoxy) is 2. The van der Waals surface area contributed by atoms with E-state index in [1.165, 1.54) is 7.11 Å². The lowest BCUT2D eigenvalue weighted by molar-refractivity contribution is -0.140. The molecular formula is C25H30N2O6. The van der Waals surface area contributed by atoms with Gasteiger partial charge in [0, 0.05) is 19.6 Å². The first-order valence-electron chi connectivity index (χ1n) is 11.0. The van der Waals surface area contributed by atoms with Gasteiger partial charge < -0.3 is 25.2 Å². The molecule has 3 N–H and O–H groups in total. The van der Waals surface area contributed by atoms with Crippen LogP contribution in [0.5, 0.6) is 0 Å². The zero-order valence-corrected chi connectivity index (χ0v) is 19.0. The summed E-state index contributed by atoms with van der Waals surface area (Å²) in [5.41, 5.74) is 4.48. The second-order valence-electron chi connectivity index (χ2n) is 8.39. The monoisotopic (exact) mass is 454 g/mol. The van der Waals surface area contributed by atoms with Crippen molar-refractivity contribution in [2.75, 3.05) is 20.3 Å². The number of nitrogens with one attached hydrogen (secondary N) is 2. The van der Waals surface area contributed by atoms with Crippen molar-refractivity contribution in [1.29, 1.82) is 0 Å². The Kier molecular flexibility index (Phi) is 8.06. The molecule has 0 saturated heterocycles. The van der Waals surface area contributed by atoms with Crippen LogP contribution in [0.4, 0.5) is 4.79 Å². The average molecular weight is 455 g/mol. The topological polar surface area (TPSA) is 114 Å². The van der Waals surface area contributed by atoms with E-state index in [4.69, 9.17) is 14.6 Å². The van der Waals surface area contributed by atoms with Crippen LogP contribution < -0.4 is 10.6 Å². The van der Waals surface area contributed by atoms with Crippen molar-refractivity contribution in [3.05, 3.63) is 59.7 Å². The van der Waals surface area contributed by atoms with E-state index < -0.39 is 30.1 Å². The van der Waals surface area contributed by atoms with Gasteiger partial charge in [0.05, 0.1) is 12.5 Å². The molecule has 0 fully saturated rings. The number of carboxylic acids is 1. The maximum absolute atomic E-state index is 12.6. The molecule has 2 atom stereocenters. The molecule has 3 rings (SSSR count). The quantitative estimate of drug-likeness (QED) is 0.508. The van der Waals surface area contributed by atoms with E-state index in [0.29, 0.717) is 0 Å².